The Morgan fingerprint density at radius 1 is 1.62 bits per heavy atom. The lowest BCUT2D eigenvalue weighted by molar-refractivity contribution is -0.122. The molecule has 1 N–H and O–H groups in total. The van der Waals surface area contributed by atoms with E-state index in [9.17, 15) is 4.79 Å². The van der Waals surface area contributed by atoms with Gasteiger partial charge in [-0.2, -0.15) is 5.26 Å². The van der Waals surface area contributed by atoms with E-state index in [-0.39, 0.29) is 18.1 Å². The van der Waals surface area contributed by atoms with Crippen LogP contribution < -0.4 is 5.32 Å². The number of carbonyl (C=O) groups is 1. The average Bonchev–Trinajstić information content (AvgIpc) is 2.34. The highest BCUT2D eigenvalue weighted by Crippen LogP contribution is 2.16. The van der Waals surface area contributed by atoms with Gasteiger partial charge in [0.25, 0.3) is 0 Å². The number of carbonyl (C=O) groups excluding carboxylic acids is 1. The fourth-order valence-corrected chi connectivity index (χ4v) is 1.82. The summed E-state index contributed by atoms with van der Waals surface area (Å²) in [6.45, 7) is 2.71. The molecule has 0 aliphatic carbocycles. The van der Waals surface area contributed by atoms with Gasteiger partial charge in [0.2, 0.25) is 5.91 Å². The molecule has 0 spiro atoms. The molecule has 16 heavy (non-hydrogen) atoms. The molecule has 0 aromatic carbocycles. The summed E-state index contributed by atoms with van der Waals surface area (Å²) >= 11 is 0. The third-order valence-electron chi connectivity index (χ3n) is 2.87. The Bertz CT molecular complexity index is 254. The molecule has 1 aliphatic rings. The smallest absolute Gasteiger partial charge is 0.221 e. The van der Waals surface area contributed by atoms with Crippen LogP contribution in [0.4, 0.5) is 0 Å². The van der Waals surface area contributed by atoms with Crippen molar-refractivity contribution in [2.75, 3.05) is 6.61 Å². The molecular weight excluding hydrogens is 204 g/mol. The highest BCUT2D eigenvalue weighted by molar-refractivity contribution is 5.76. The van der Waals surface area contributed by atoms with E-state index in [4.69, 9.17) is 10.00 Å². The first-order valence-corrected chi connectivity index (χ1v) is 6.06. The molecule has 2 atom stereocenters. The predicted octanol–water partition coefficient (Wildman–Crippen LogP) is 1.75. The van der Waals surface area contributed by atoms with Gasteiger partial charge in [0.15, 0.2) is 0 Å². The number of hydrogen-bond acceptors (Lipinski definition) is 3. The second-order valence-corrected chi connectivity index (χ2v) is 4.18. The lowest BCUT2D eigenvalue weighted by atomic mass is 10.0. The molecule has 0 saturated carbocycles. The zero-order valence-electron chi connectivity index (χ0n) is 9.87. The van der Waals surface area contributed by atoms with Crippen LogP contribution in [0.2, 0.25) is 0 Å². The lowest BCUT2D eigenvalue weighted by Crippen LogP contribution is -2.34. The van der Waals surface area contributed by atoms with Crippen LogP contribution in [0, 0.1) is 11.3 Å². The van der Waals surface area contributed by atoms with Crippen LogP contribution in [-0.2, 0) is 9.53 Å². The fourth-order valence-electron chi connectivity index (χ4n) is 1.82. The van der Waals surface area contributed by atoms with E-state index in [1.165, 1.54) is 6.42 Å². The molecule has 0 aromatic heterocycles. The van der Waals surface area contributed by atoms with Gasteiger partial charge in [0.05, 0.1) is 12.2 Å². The minimum Gasteiger partial charge on any atom is -0.378 e. The van der Waals surface area contributed by atoms with Crippen molar-refractivity contribution < 1.29 is 9.53 Å². The van der Waals surface area contributed by atoms with Crippen molar-refractivity contribution >= 4 is 5.91 Å². The van der Waals surface area contributed by atoms with Gasteiger partial charge in [0.1, 0.15) is 6.04 Å². The van der Waals surface area contributed by atoms with E-state index in [1.807, 2.05) is 6.92 Å². The average molecular weight is 224 g/mol. The maximum atomic E-state index is 11.5. The van der Waals surface area contributed by atoms with Crippen molar-refractivity contribution in [1.82, 2.24) is 5.32 Å². The lowest BCUT2D eigenvalue weighted by Gasteiger charge is -2.22. The normalized spacial score (nSPS) is 22.1. The van der Waals surface area contributed by atoms with Crippen molar-refractivity contribution in [2.45, 2.75) is 57.6 Å². The predicted molar refractivity (Wildman–Crippen MR) is 60.7 cm³/mol. The summed E-state index contributed by atoms with van der Waals surface area (Å²) in [6.07, 6.45) is 5.51. The van der Waals surface area contributed by atoms with Crippen LogP contribution in [0.1, 0.15) is 45.4 Å². The molecular formula is C12H20N2O2. The van der Waals surface area contributed by atoms with Crippen molar-refractivity contribution in [3.63, 3.8) is 0 Å². The number of nitrogens with one attached hydrogen (secondary N) is 1. The Hall–Kier alpha value is -1.08. The molecule has 4 heteroatoms. The molecule has 1 heterocycles. The third-order valence-corrected chi connectivity index (χ3v) is 2.87. The summed E-state index contributed by atoms with van der Waals surface area (Å²) in [5.74, 6) is -0.0393. The molecule has 0 aromatic rings. The first kappa shape index (κ1) is 13.0. The van der Waals surface area contributed by atoms with Crippen LogP contribution in [0.15, 0.2) is 0 Å². The summed E-state index contributed by atoms with van der Waals surface area (Å²) < 4.78 is 5.54. The quantitative estimate of drug-likeness (QED) is 0.774. The number of nitrogens with zero attached hydrogens (tertiary/aromatic N) is 1. The van der Waals surface area contributed by atoms with Crippen LogP contribution in [-0.4, -0.2) is 24.7 Å². The highest BCUT2D eigenvalue weighted by atomic mass is 16.5. The van der Waals surface area contributed by atoms with E-state index in [1.54, 1.807) is 0 Å². The maximum Gasteiger partial charge on any atom is 0.221 e. The minimum atomic E-state index is -0.347. The van der Waals surface area contributed by atoms with Crippen molar-refractivity contribution in [2.24, 2.45) is 0 Å². The fraction of sp³-hybridized carbons (Fsp3) is 0.833. The van der Waals surface area contributed by atoms with Gasteiger partial charge in [-0.1, -0.05) is 6.92 Å². The summed E-state index contributed by atoms with van der Waals surface area (Å²) in [4.78, 5) is 11.5. The van der Waals surface area contributed by atoms with Gasteiger partial charge in [0, 0.05) is 13.0 Å². The monoisotopic (exact) mass is 224 g/mol. The molecule has 1 rings (SSSR count). The van der Waals surface area contributed by atoms with Crippen LogP contribution >= 0.6 is 0 Å². The Morgan fingerprint density at radius 3 is 3.00 bits per heavy atom. The summed E-state index contributed by atoms with van der Waals surface area (Å²) in [5.41, 5.74) is 0. The van der Waals surface area contributed by atoms with Crippen LogP contribution in [0.5, 0.6) is 0 Å². The van der Waals surface area contributed by atoms with Crippen molar-refractivity contribution in [1.29, 1.82) is 5.26 Å². The van der Waals surface area contributed by atoms with Gasteiger partial charge in [-0.25, -0.2) is 0 Å². The Balaban J connectivity index is 2.16. The van der Waals surface area contributed by atoms with Gasteiger partial charge >= 0.3 is 0 Å². The van der Waals surface area contributed by atoms with E-state index < -0.39 is 0 Å². The molecule has 4 nitrogen and oxygen atoms in total. The molecule has 90 valence electrons. The molecule has 1 aliphatic heterocycles. The molecule has 1 saturated heterocycles. The van der Waals surface area contributed by atoms with E-state index >= 15 is 0 Å². The van der Waals surface area contributed by atoms with Crippen LogP contribution in [0.25, 0.3) is 0 Å². The maximum absolute atomic E-state index is 11.5. The SMILES string of the molecule is CCC(C#N)NC(=O)CCC1CCCCO1. The van der Waals surface area contributed by atoms with Gasteiger partial charge in [-0.3, -0.25) is 4.79 Å². The first-order valence-electron chi connectivity index (χ1n) is 6.06. The van der Waals surface area contributed by atoms with Crippen molar-refractivity contribution in [3.05, 3.63) is 0 Å². The molecule has 0 bridgehead atoms. The van der Waals surface area contributed by atoms with Gasteiger partial charge < -0.3 is 10.1 Å². The number of hydrogen-bond donors (Lipinski definition) is 1. The Kier molecular flexibility index (Phi) is 5.87. The van der Waals surface area contributed by atoms with Crippen molar-refractivity contribution in [3.8, 4) is 6.07 Å². The van der Waals surface area contributed by atoms with Gasteiger partial charge in [-0.05, 0) is 32.1 Å². The zero-order valence-corrected chi connectivity index (χ0v) is 9.87. The Morgan fingerprint density at radius 2 is 2.44 bits per heavy atom. The third kappa shape index (κ3) is 4.63. The minimum absolute atomic E-state index is 0.0393. The number of amides is 1. The number of nitriles is 1. The largest absolute Gasteiger partial charge is 0.378 e. The number of rotatable bonds is 5. The second-order valence-electron chi connectivity index (χ2n) is 4.18. The molecule has 0 radical (unpaired) electrons. The second kappa shape index (κ2) is 7.24. The van der Waals surface area contributed by atoms with E-state index in [0.29, 0.717) is 12.8 Å². The Labute approximate surface area is 97.0 Å². The molecule has 1 fully saturated rings. The molecule has 2 unspecified atom stereocenters. The summed E-state index contributed by atoms with van der Waals surface area (Å²) in [7, 11) is 0. The summed E-state index contributed by atoms with van der Waals surface area (Å²) in [5, 5.41) is 11.4. The summed E-state index contributed by atoms with van der Waals surface area (Å²) in [6, 6.07) is 1.71. The molecule has 1 amide bonds. The van der Waals surface area contributed by atoms with E-state index in [0.717, 1.165) is 25.9 Å². The zero-order chi connectivity index (χ0) is 11.8. The van der Waals surface area contributed by atoms with Crippen LogP contribution in [0.3, 0.4) is 0 Å². The number of ether oxygens (including phenoxy) is 1. The highest BCUT2D eigenvalue weighted by Gasteiger charge is 2.16. The van der Waals surface area contributed by atoms with Gasteiger partial charge in [-0.15, -0.1) is 0 Å². The topological polar surface area (TPSA) is 62.1 Å². The standard InChI is InChI=1S/C12H20N2O2/c1-2-10(9-13)14-12(15)7-6-11-5-3-4-8-16-11/h10-11H,2-8H2,1H3,(H,14,15). The van der Waals surface area contributed by atoms with E-state index in [2.05, 4.69) is 11.4 Å². The first-order chi connectivity index (χ1) is 7.76.